The molecule has 0 bridgehead atoms. The van der Waals surface area contributed by atoms with Gasteiger partial charge < -0.3 is 0 Å². The summed E-state index contributed by atoms with van der Waals surface area (Å²) in [6.07, 6.45) is 1.88. The molecule has 7 rings (SSSR count). The summed E-state index contributed by atoms with van der Waals surface area (Å²) in [6, 6.07) is 34.9. The van der Waals surface area contributed by atoms with E-state index >= 15 is 0 Å². The highest BCUT2D eigenvalue weighted by atomic mass is 15.1. The second kappa shape index (κ2) is 7.76. The van der Waals surface area contributed by atoms with Gasteiger partial charge in [-0.1, -0.05) is 48.5 Å². The van der Waals surface area contributed by atoms with Gasteiger partial charge in [0.1, 0.15) is 12.7 Å². The van der Waals surface area contributed by atoms with E-state index in [1.807, 2.05) is 12.3 Å². The second-order valence-electron chi connectivity index (χ2n) is 9.63. The van der Waals surface area contributed by atoms with Gasteiger partial charge in [-0.05, 0) is 72.1 Å². The smallest absolute Gasteiger partial charge is 0.214 e. The summed E-state index contributed by atoms with van der Waals surface area (Å²) < 4.78 is 4.63. The van der Waals surface area contributed by atoms with E-state index in [-0.39, 0.29) is 0 Å². The van der Waals surface area contributed by atoms with Crippen LogP contribution in [-0.4, -0.2) is 9.55 Å². The maximum absolute atomic E-state index is 4.80. The van der Waals surface area contributed by atoms with Gasteiger partial charge in [-0.25, -0.2) is 4.98 Å². The molecule has 0 saturated carbocycles. The molecule has 172 valence electrons. The maximum Gasteiger partial charge on any atom is 0.214 e. The van der Waals surface area contributed by atoms with Crippen LogP contribution in [0.15, 0.2) is 103 Å². The van der Waals surface area contributed by atoms with E-state index in [2.05, 4.69) is 121 Å². The topological polar surface area (TPSA) is 21.7 Å². The molecule has 0 N–H and O–H groups in total. The molecule has 0 aliphatic rings. The number of para-hydroxylation sites is 1. The Kier molecular flexibility index (Phi) is 4.49. The predicted octanol–water partition coefficient (Wildman–Crippen LogP) is 7.59. The van der Waals surface area contributed by atoms with Crippen LogP contribution in [0.25, 0.3) is 60.6 Å². The first kappa shape index (κ1) is 20.8. The van der Waals surface area contributed by atoms with E-state index in [1.165, 1.54) is 60.3 Å². The third-order valence-corrected chi connectivity index (χ3v) is 7.66. The number of aromatic nitrogens is 3. The van der Waals surface area contributed by atoms with Gasteiger partial charge in [-0.3, -0.25) is 4.57 Å². The van der Waals surface area contributed by atoms with Gasteiger partial charge in [0.2, 0.25) is 11.2 Å². The Morgan fingerprint density at radius 1 is 0.667 bits per heavy atom. The van der Waals surface area contributed by atoms with E-state index < -0.39 is 0 Å². The zero-order chi connectivity index (χ0) is 24.4. The highest BCUT2D eigenvalue weighted by Crippen LogP contribution is 2.35. The molecular weight excluding hydrogens is 438 g/mol. The van der Waals surface area contributed by atoms with E-state index in [0.29, 0.717) is 0 Å². The molecule has 0 fully saturated rings. The number of pyridine rings is 2. The van der Waals surface area contributed by atoms with Crippen LogP contribution >= 0.6 is 0 Å². The molecule has 0 aliphatic carbocycles. The minimum absolute atomic E-state index is 0.985. The highest BCUT2D eigenvalue weighted by molar-refractivity contribution is 6.09. The highest BCUT2D eigenvalue weighted by Gasteiger charge is 2.21. The monoisotopic (exact) mass is 464 g/mol. The standard InChI is InChI=1S/C33H26N3/c1-21-20-28(22(2)24-11-5-4-10-23(21)24)30-18-17-27-29(35(30)3)15-8-16-32(27)36-31-14-7-6-12-25(31)26-13-9-19-34-33(26)36/h4-20H,1-3H3/q+1. The van der Waals surface area contributed by atoms with Crippen molar-refractivity contribution in [1.29, 1.82) is 0 Å². The van der Waals surface area contributed by atoms with Gasteiger partial charge in [0.15, 0.2) is 0 Å². The molecule has 0 atom stereocenters. The van der Waals surface area contributed by atoms with Crippen molar-refractivity contribution in [3.63, 3.8) is 0 Å². The van der Waals surface area contributed by atoms with Crippen LogP contribution in [0.5, 0.6) is 0 Å². The Labute approximate surface area is 209 Å². The lowest BCUT2D eigenvalue weighted by Gasteiger charge is -2.14. The van der Waals surface area contributed by atoms with Crippen molar-refractivity contribution in [2.24, 2.45) is 7.05 Å². The Hall–Kier alpha value is -4.50. The van der Waals surface area contributed by atoms with Crippen LogP contribution in [0.1, 0.15) is 11.1 Å². The molecule has 7 aromatic rings. The fourth-order valence-electron chi connectivity index (χ4n) is 5.88. The molecule has 0 radical (unpaired) electrons. The Balaban J connectivity index is 1.52. The number of fused-ring (bicyclic) bond motifs is 5. The van der Waals surface area contributed by atoms with E-state index in [9.17, 15) is 0 Å². The Morgan fingerprint density at radius 3 is 2.28 bits per heavy atom. The lowest BCUT2D eigenvalue weighted by Crippen LogP contribution is -2.32. The molecule has 4 aromatic carbocycles. The van der Waals surface area contributed by atoms with E-state index in [0.717, 1.165) is 11.3 Å². The Morgan fingerprint density at radius 2 is 1.42 bits per heavy atom. The van der Waals surface area contributed by atoms with Crippen LogP contribution < -0.4 is 4.57 Å². The number of benzene rings is 4. The third kappa shape index (κ3) is 2.86. The molecule has 0 amide bonds. The predicted molar refractivity (Wildman–Crippen MR) is 150 cm³/mol. The zero-order valence-corrected chi connectivity index (χ0v) is 20.7. The summed E-state index contributed by atoms with van der Waals surface area (Å²) in [5.41, 5.74) is 9.60. The molecule has 0 spiro atoms. The molecule has 0 aliphatic heterocycles. The maximum atomic E-state index is 4.80. The quantitative estimate of drug-likeness (QED) is 0.242. The minimum Gasteiger partial charge on any atom is -0.293 e. The van der Waals surface area contributed by atoms with Crippen molar-refractivity contribution in [2.75, 3.05) is 0 Å². The van der Waals surface area contributed by atoms with Gasteiger partial charge >= 0.3 is 0 Å². The molecular formula is C33H26N3+. The van der Waals surface area contributed by atoms with Crippen molar-refractivity contribution < 1.29 is 4.57 Å². The summed E-state index contributed by atoms with van der Waals surface area (Å²) in [7, 11) is 2.18. The lowest BCUT2D eigenvalue weighted by molar-refractivity contribution is -0.633. The number of aryl methyl sites for hydroxylation is 3. The zero-order valence-electron chi connectivity index (χ0n) is 20.7. The molecule has 3 heterocycles. The normalized spacial score (nSPS) is 11.8. The SMILES string of the molecule is Cc1cc(-c2ccc3c(-n4c5ccccc5c5cccnc54)cccc3[n+]2C)c(C)c2ccccc12. The van der Waals surface area contributed by atoms with Crippen molar-refractivity contribution in [3.05, 3.63) is 114 Å². The first-order valence-corrected chi connectivity index (χ1v) is 12.4. The van der Waals surface area contributed by atoms with Crippen molar-refractivity contribution in [1.82, 2.24) is 9.55 Å². The van der Waals surface area contributed by atoms with Crippen molar-refractivity contribution in [2.45, 2.75) is 13.8 Å². The lowest BCUT2D eigenvalue weighted by atomic mass is 9.94. The van der Waals surface area contributed by atoms with Crippen molar-refractivity contribution in [3.8, 4) is 16.9 Å². The van der Waals surface area contributed by atoms with Crippen LogP contribution in [0.4, 0.5) is 0 Å². The van der Waals surface area contributed by atoms with Crippen LogP contribution in [0, 0.1) is 13.8 Å². The van der Waals surface area contributed by atoms with Gasteiger partial charge in [-0.2, -0.15) is 4.57 Å². The molecule has 3 nitrogen and oxygen atoms in total. The number of nitrogens with zero attached hydrogens (tertiary/aromatic N) is 3. The van der Waals surface area contributed by atoms with Gasteiger partial charge in [0.25, 0.3) is 0 Å². The van der Waals surface area contributed by atoms with Crippen LogP contribution in [0.3, 0.4) is 0 Å². The summed E-state index contributed by atoms with van der Waals surface area (Å²) in [5, 5.41) is 6.24. The summed E-state index contributed by atoms with van der Waals surface area (Å²) in [4.78, 5) is 4.80. The van der Waals surface area contributed by atoms with Crippen LogP contribution in [-0.2, 0) is 7.05 Å². The van der Waals surface area contributed by atoms with E-state index in [4.69, 9.17) is 4.98 Å². The molecule has 0 unspecified atom stereocenters. The fraction of sp³-hybridized carbons (Fsp3) is 0.0909. The second-order valence-corrected chi connectivity index (χ2v) is 9.63. The number of hydrogen-bond donors (Lipinski definition) is 0. The first-order valence-electron chi connectivity index (χ1n) is 12.4. The summed E-state index contributed by atoms with van der Waals surface area (Å²) in [6.45, 7) is 4.45. The summed E-state index contributed by atoms with van der Waals surface area (Å²) in [5.74, 6) is 0. The van der Waals surface area contributed by atoms with E-state index in [1.54, 1.807) is 0 Å². The number of rotatable bonds is 2. The van der Waals surface area contributed by atoms with Gasteiger partial charge in [0.05, 0.1) is 16.6 Å². The molecule has 3 aromatic heterocycles. The van der Waals surface area contributed by atoms with Gasteiger partial charge in [-0.15, -0.1) is 0 Å². The Bertz CT molecular complexity index is 1920. The summed E-state index contributed by atoms with van der Waals surface area (Å²) >= 11 is 0. The largest absolute Gasteiger partial charge is 0.293 e. The average molecular weight is 465 g/mol. The fourth-order valence-corrected chi connectivity index (χ4v) is 5.88. The van der Waals surface area contributed by atoms with Crippen molar-refractivity contribution >= 4 is 43.6 Å². The molecule has 3 heteroatoms. The first-order chi connectivity index (χ1) is 17.6. The number of hydrogen-bond acceptors (Lipinski definition) is 1. The molecule has 0 saturated heterocycles. The third-order valence-electron chi connectivity index (χ3n) is 7.66. The van der Waals surface area contributed by atoms with Gasteiger partial charge in [0, 0.05) is 34.7 Å². The minimum atomic E-state index is 0.985. The van der Waals surface area contributed by atoms with Crippen LogP contribution in [0.2, 0.25) is 0 Å². The molecule has 36 heavy (non-hydrogen) atoms. The average Bonchev–Trinajstić information content (AvgIpc) is 3.25.